The van der Waals surface area contributed by atoms with Gasteiger partial charge in [0.1, 0.15) is 12.4 Å². The molecule has 0 unspecified atom stereocenters. The Morgan fingerprint density at radius 1 is 0.900 bits per heavy atom. The number of ether oxygens (including phenoxy) is 1. The predicted octanol–water partition coefficient (Wildman–Crippen LogP) is 4.19. The highest BCUT2D eigenvalue weighted by atomic mass is 35.5. The zero-order chi connectivity index (χ0) is 13.3. The summed E-state index contributed by atoms with van der Waals surface area (Å²) in [6.45, 7) is 4.78. The van der Waals surface area contributed by atoms with E-state index in [1.165, 1.54) is 11.1 Å². The number of halogens is 1. The summed E-state index contributed by atoms with van der Waals surface area (Å²) in [5.74, 6) is 0.920. The lowest BCUT2D eigenvalue weighted by molar-refractivity contribution is 0.306. The fourth-order valence-electron chi connectivity index (χ4n) is 1.85. The first-order chi connectivity index (χ1) is 9.38. The Hall–Kier alpha value is -1.51. The van der Waals surface area contributed by atoms with Gasteiger partial charge in [0, 0.05) is 6.54 Å². The Morgan fingerprint density at radius 2 is 1.60 bits per heavy atom. The van der Waals surface area contributed by atoms with Gasteiger partial charge in [-0.2, -0.15) is 0 Å². The molecule has 1 N–H and O–H groups in total. The van der Waals surface area contributed by atoms with E-state index in [4.69, 9.17) is 4.74 Å². The molecule has 0 atom stereocenters. The maximum atomic E-state index is 5.75. The fourth-order valence-corrected chi connectivity index (χ4v) is 1.85. The van der Waals surface area contributed by atoms with Crippen LogP contribution in [0.5, 0.6) is 5.75 Å². The standard InChI is InChI=1S/C17H21NO.ClH/c1-2-12-18-13-15-8-10-17(11-9-15)19-14-16-6-4-3-5-7-16;/h3-11,18H,2,12-14H2,1H3;1H. The molecule has 2 aromatic rings. The van der Waals surface area contributed by atoms with Crippen LogP contribution in [-0.2, 0) is 13.2 Å². The largest absolute Gasteiger partial charge is 0.489 e. The van der Waals surface area contributed by atoms with Crippen LogP contribution in [0.3, 0.4) is 0 Å². The minimum atomic E-state index is 0. The van der Waals surface area contributed by atoms with Gasteiger partial charge in [0.2, 0.25) is 0 Å². The highest BCUT2D eigenvalue weighted by molar-refractivity contribution is 5.85. The molecule has 20 heavy (non-hydrogen) atoms. The molecule has 0 aromatic heterocycles. The summed E-state index contributed by atoms with van der Waals surface area (Å²) in [6.07, 6.45) is 1.16. The van der Waals surface area contributed by atoms with E-state index in [9.17, 15) is 0 Å². The second-order valence-electron chi connectivity index (χ2n) is 4.60. The van der Waals surface area contributed by atoms with E-state index < -0.39 is 0 Å². The van der Waals surface area contributed by atoms with E-state index in [1.54, 1.807) is 0 Å². The minimum absolute atomic E-state index is 0. The summed E-state index contributed by atoms with van der Waals surface area (Å²) < 4.78 is 5.75. The topological polar surface area (TPSA) is 21.3 Å². The van der Waals surface area contributed by atoms with Crippen LogP contribution >= 0.6 is 12.4 Å². The van der Waals surface area contributed by atoms with Crippen molar-refractivity contribution in [2.75, 3.05) is 6.54 Å². The fraction of sp³-hybridized carbons (Fsp3) is 0.294. The molecule has 0 fully saturated rings. The zero-order valence-corrected chi connectivity index (χ0v) is 12.7. The minimum Gasteiger partial charge on any atom is -0.489 e. The van der Waals surface area contributed by atoms with Gasteiger partial charge in [0.05, 0.1) is 0 Å². The third kappa shape index (κ3) is 5.64. The number of hydrogen-bond donors (Lipinski definition) is 1. The highest BCUT2D eigenvalue weighted by Gasteiger charge is 1.96. The molecule has 0 aliphatic heterocycles. The van der Waals surface area contributed by atoms with Gasteiger partial charge in [-0.05, 0) is 36.2 Å². The van der Waals surface area contributed by atoms with Crippen molar-refractivity contribution in [2.45, 2.75) is 26.5 Å². The molecule has 108 valence electrons. The summed E-state index contributed by atoms with van der Waals surface area (Å²) in [5.41, 5.74) is 2.48. The molecule has 0 saturated carbocycles. The molecule has 0 spiro atoms. The quantitative estimate of drug-likeness (QED) is 0.773. The molecule has 0 aliphatic rings. The molecule has 0 radical (unpaired) electrons. The van der Waals surface area contributed by atoms with Gasteiger partial charge in [-0.1, -0.05) is 49.4 Å². The van der Waals surface area contributed by atoms with Crippen molar-refractivity contribution < 1.29 is 4.74 Å². The molecular formula is C17H22ClNO. The van der Waals surface area contributed by atoms with Crippen LogP contribution in [0.15, 0.2) is 54.6 Å². The van der Waals surface area contributed by atoms with Crippen LogP contribution in [0.1, 0.15) is 24.5 Å². The molecule has 3 heteroatoms. The Bertz CT molecular complexity index is 470. The molecule has 0 bridgehead atoms. The lowest BCUT2D eigenvalue weighted by Crippen LogP contribution is -2.13. The Balaban J connectivity index is 0.00000200. The molecule has 0 saturated heterocycles. The van der Waals surface area contributed by atoms with Crippen LogP contribution in [0.25, 0.3) is 0 Å². The zero-order valence-electron chi connectivity index (χ0n) is 11.8. The van der Waals surface area contributed by atoms with Gasteiger partial charge in [0.25, 0.3) is 0 Å². The SMILES string of the molecule is CCCNCc1ccc(OCc2ccccc2)cc1.Cl. The van der Waals surface area contributed by atoms with Gasteiger partial charge < -0.3 is 10.1 Å². The average Bonchev–Trinajstić information content (AvgIpc) is 2.48. The van der Waals surface area contributed by atoms with E-state index in [0.717, 1.165) is 25.3 Å². The van der Waals surface area contributed by atoms with Crippen LogP contribution in [0.2, 0.25) is 0 Å². The monoisotopic (exact) mass is 291 g/mol. The van der Waals surface area contributed by atoms with Crippen molar-refractivity contribution >= 4 is 12.4 Å². The maximum Gasteiger partial charge on any atom is 0.119 e. The van der Waals surface area contributed by atoms with E-state index in [-0.39, 0.29) is 12.4 Å². The Labute approximate surface area is 127 Å². The molecular weight excluding hydrogens is 270 g/mol. The first kappa shape index (κ1) is 16.5. The van der Waals surface area contributed by atoms with E-state index in [2.05, 4.69) is 36.5 Å². The van der Waals surface area contributed by atoms with Crippen LogP contribution in [-0.4, -0.2) is 6.54 Å². The molecule has 2 rings (SSSR count). The molecule has 0 amide bonds. The van der Waals surface area contributed by atoms with E-state index in [1.807, 2.05) is 30.3 Å². The van der Waals surface area contributed by atoms with Crippen molar-refractivity contribution in [1.82, 2.24) is 5.32 Å². The Morgan fingerprint density at radius 3 is 2.25 bits per heavy atom. The van der Waals surface area contributed by atoms with Crippen molar-refractivity contribution in [1.29, 1.82) is 0 Å². The van der Waals surface area contributed by atoms with E-state index >= 15 is 0 Å². The lowest BCUT2D eigenvalue weighted by Gasteiger charge is -2.08. The van der Waals surface area contributed by atoms with E-state index in [0.29, 0.717) is 6.61 Å². The number of rotatable bonds is 7. The van der Waals surface area contributed by atoms with Gasteiger partial charge in [0.15, 0.2) is 0 Å². The first-order valence-electron chi connectivity index (χ1n) is 6.85. The van der Waals surface area contributed by atoms with Crippen molar-refractivity contribution in [3.63, 3.8) is 0 Å². The van der Waals surface area contributed by atoms with Crippen molar-refractivity contribution in [3.05, 3.63) is 65.7 Å². The highest BCUT2D eigenvalue weighted by Crippen LogP contribution is 2.14. The second-order valence-corrected chi connectivity index (χ2v) is 4.60. The average molecular weight is 292 g/mol. The van der Waals surface area contributed by atoms with Crippen LogP contribution in [0.4, 0.5) is 0 Å². The predicted molar refractivity (Wildman–Crippen MR) is 86.5 cm³/mol. The molecule has 0 aliphatic carbocycles. The molecule has 2 nitrogen and oxygen atoms in total. The summed E-state index contributed by atoms with van der Waals surface area (Å²) >= 11 is 0. The maximum absolute atomic E-state index is 5.75. The summed E-state index contributed by atoms with van der Waals surface area (Å²) in [6, 6.07) is 18.5. The third-order valence-electron chi connectivity index (χ3n) is 2.93. The summed E-state index contributed by atoms with van der Waals surface area (Å²) in [5, 5.41) is 3.39. The molecule has 0 heterocycles. The third-order valence-corrected chi connectivity index (χ3v) is 2.93. The van der Waals surface area contributed by atoms with Crippen LogP contribution in [0, 0.1) is 0 Å². The Kier molecular flexibility index (Phi) is 7.78. The van der Waals surface area contributed by atoms with Gasteiger partial charge in [-0.15, -0.1) is 12.4 Å². The lowest BCUT2D eigenvalue weighted by atomic mass is 10.2. The number of hydrogen-bond acceptors (Lipinski definition) is 2. The summed E-state index contributed by atoms with van der Waals surface area (Å²) in [7, 11) is 0. The van der Waals surface area contributed by atoms with Crippen molar-refractivity contribution in [2.24, 2.45) is 0 Å². The van der Waals surface area contributed by atoms with Crippen molar-refractivity contribution in [3.8, 4) is 5.75 Å². The van der Waals surface area contributed by atoms with Gasteiger partial charge in [-0.3, -0.25) is 0 Å². The number of nitrogens with one attached hydrogen (secondary N) is 1. The summed E-state index contributed by atoms with van der Waals surface area (Å²) in [4.78, 5) is 0. The number of benzene rings is 2. The first-order valence-corrected chi connectivity index (χ1v) is 6.85. The van der Waals surface area contributed by atoms with Gasteiger partial charge >= 0.3 is 0 Å². The van der Waals surface area contributed by atoms with Gasteiger partial charge in [-0.25, -0.2) is 0 Å². The second kappa shape index (κ2) is 9.40. The molecule has 2 aromatic carbocycles. The van der Waals surface area contributed by atoms with Crippen LogP contribution < -0.4 is 10.1 Å². The smallest absolute Gasteiger partial charge is 0.119 e. The normalized spacial score (nSPS) is 9.85.